The quantitative estimate of drug-likeness (QED) is 0.0714. The predicted molar refractivity (Wildman–Crippen MR) is 200 cm³/mol. The molecule has 0 radical (unpaired) electrons. The molecule has 7 nitrogen and oxygen atoms in total. The second-order valence-electron chi connectivity index (χ2n) is 11.9. The summed E-state index contributed by atoms with van der Waals surface area (Å²) >= 11 is 2.79. The zero-order chi connectivity index (χ0) is 36.3. The van der Waals surface area contributed by atoms with Gasteiger partial charge in [0.05, 0.1) is 0 Å². The number of ether oxygens (including phenoxy) is 2. The lowest BCUT2D eigenvalue weighted by atomic mass is 9.79. The number of Topliss-reactive ketones (excluding diaryl/α,β-unsaturated/α-hetero) is 1. The number of rotatable bonds is 16. The van der Waals surface area contributed by atoms with E-state index in [0.717, 1.165) is 11.1 Å². The van der Waals surface area contributed by atoms with E-state index in [1.807, 2.05) is 73.2 Å². The van der Waals surface area contributed by atoms with Crippen molar-refractivity contribution in [2.24, 2.45) is 0 Å². The van der Waals surface area contributed by atoms with Gasteiger partial charge in [-0.05, 0) is 71.2 Å². The van der Waals surface area contributed by atoms with E-state index in [1.54, 1.807) is 48.8 Å². The number of halogens is 2. The summed E-state index contributed by atoms with van der Waals surface area (Å²) in [6.07, 6.45) is 7.48. The van der Waals surface area contributed by atoms with Gasteiger partial charge in [-0.15, -0.1) is 0 Å². The summed E-state index contributed by atoms with van der Waals surface area (Å²) in [4.78, 5) is 33.1. The molecule has 0 bridgehead atoms. The van der Waals surface area contributed by atoms with Gasteiger partial charge in [0.25, 0.3) is 0 Å². The van der Waals surface area contributed by atoms with E-state index in [4.69, 9.17) is 9.47 Å². The first-order chi connectivity index (χ1) is 25.4. The van der Waals surface area contributed by atoms with Gasteiger partial charge in [-0.2, -0.15) is 0 Å². The third-order valence-corrected chi connectivity index (χ3v) is 9.57. The van der Waals surface area contributed by atoms with E-state index in [-0.39, 0.29) is 43.3 Å². The van der Waals surface area contributed by atoms with Gasteiger partial charge in [0, 0.05) is 48.5 Å². The molecule has 6 aromatic rings. The van der Waals surface area contributed by atoms with Crippen LogP contribution in [0.1, 0.15) is 45.5 Å². The minimum Gasteiger partial charge on any atom is -0.486 e. The smallest absolute Gasteiger partial charge is 0.187 e. The van der Waals surface area contributed by atoms with Gasteiger partial charge in [-0.25, -0.2) is 28.7 Å². The van der Waals surface area contributed by atoms with Crippen LogP contribution in [0.15, 0.2) is 132 Å². The van der Waals surface area contributed by atoms with Crippen molar-refractivity contribution in [3.63, 3.8) is 0 Å². The van der Waals surface area contributed by atoms with E-state index in [9.17, 15) is 0 Å². The molecule has 0 aliphatic carbocycles. The summed E-state index contributed by atoms with van der Waals surface area (Å²) in [5.74, 6) is -2.81. The fourth-order valence-corrected chi connectivity index (χ4v) is 6.52. The zero-order valence-electron chi connectivity index (χ0n) is 28.6. The molecule has 0 fully saturated rings. The summed E-state index contributed by atoms with van der Waals surface area (Å²) in [5.41, 5.74) is 4.15. The molecule has 2 heterocycles. The topological polar surface area (TPSA) is 87.1 Å². The molecule has 0 aliphatic rings. The first-order valence-corrected chi connectivity index (χ1v) is 19.0. The Labute approximate surface area is 310 Å². The van der Waals surface area contributed by atoms with Crippen LogP contribution in [0.4, 0.5) is 8.78 Å². The average molecular weight is 735 g/mol. The molecule has 2 aromatic heterocycles. The van der Waals surface area contributed by atoms with Gasteiger partial charge >= 0.3 is 0 Å². The van der Waals surface area contributed by atoms with Crippen molar-refractivity contribution < 1.29 is 23.0 Å². The lowest BCUT2D eigenvalue weighted by Crippen LogP contribution is -2.25. The number of hydrogen-bond acceptors (Lipinski definition) is 9. The summed E-state index contributed by atoms with van der Waals surface area (Å²) in [5, 5.41) is 1.13. The second-order valence-corrected chi connectivity index (χ2v) is 13.5. The Kier molecular flexibility index (Phi) is 12.6. The summed E-state index contributed by atoms with van der Waals surface area (Å²) < 4.78 is 42.3. The SMILES string of the molecule is CSc1nccc(CC(C(=O)C(Cc2ccnc(SC)n2)c2ccc(F)c(OCc3ccccc3)c2)c2ccc(F)c(OCc3ccccc3)c2)n1. The van der Waals surface area contributed by atoms with Crippen molar-refractivity contribution in [2.45, 2.75) is 48.2 Å². The molecule has 264 valence electrons. The maximum Gasteiger partial charge on any atom is 0.187 e. The molecule has 0 amide bonds. The fraction of sp³-hybridized carbons (Fsp3) is 0.195. The van der Waals surface area contributed by atoms with Gasteiger partial charge in [0.1, 0.15) is 19.0 Å². The van der Waals surface area contributed by atoms with Gasteiger partial charge < -0.3 is 9.47 Å². The number of benzene rings is 4. The van der Waals surface area contributed by atoms with Crippen molar-refractivity contribution in [2.75, 3.05) is 12.5 Å². The maximum atomic E-state index is 15.2. The monoisotopic (exact) mass is 734 g/mol. The molecule has 11 heteroatoms. The van der Waals surface area contributed by atoms with Crippen molar-refractivity contribution in [3.8, 4) is 11.5 Å². The van der Waals surface area contributed by atoms with E-state index in [0.29, 0.717) is 32.8 Å². The van der Waals surface area contributed by atoms with Crippen LogP contribution in [0.3, 0.4) is 0 Å². The van der Waals surface area contributed by atoms with Crippen LogP contribution in [-0.2, 0) is 30.8 Å². The minimum absolute atomic E-state index is 0.0296. The number of nitrogens with zero attached hydrogens (tertiary/aromatic N) is 4. The normalized spacial score (nSPS) is 12.2. The highest BCUT2D eigenvalue weighted by Crippen LogP contribution is 2.36. The Morgan fingerprint density at radius 3 is 1.44 bits per heavy atom. The molecule has 0 saturated heterocycles. The number of hydrogen-bond donors (Lipinski definition) is 0. The van der Waals surface area contributed by atoms with Crippen LogP contribution in [0.2, 0.25) is 0 Å². The molecule has 0 spiro atoms. The molecular formula is C41H36F2N4O3S2. The van der Waals surface area contributed by atoms with Crippen LogP contribution >= 0.6 is 23.5 Å². The fourth-order valence-electron chi connectivity index (χ4n) is 5.77. The van der Waals surface area contributed by atoms with E-state index in [1.165, 1.54) is 35.7 Å². The van der Waals surface area contributed by atoms with Crippen molar-refractivity contribution in [1.29, 1.82) is 0 Å². The largest absolute Gasteiger partial charge is 0.486 e. The lowest BCUT2D eigenvalue weighted by Gasteiger charge is -2.24. The zero-order valence-corrected chi connectivity index (χ0v) is 30.2. The lowest BCUT2D eigenvalue weighted by molar-refractivity contribution is -0.122. The Bertz CT molecular complexity index is 1960. The number of ketones is 1. The molecular weight excluding hydrogens is 699 g/mol. The molecule has 2 atom stereocenters. The van der Waals surface area contributed by atoms with Crippen molar-refractivity contribution in [3.05, 3.63) is 167 Å². The highest BCUT2D eigenvalue weighted by atomic mass is 32.2. The summed E-state index contributed by atoms with van der Waals surface area (Å²) in [7, 11) is 0. The average Bonchev–Trinajstić information content (AvgIpc) is 3.19. The molecule has 0 N–H and O–H groups in total. The molecule has 2 unspecified atom stereocenters. The Balaban J connectivity index is 1.40. The highest BCUT2D eigenvalue weighted by molar-refractivity contribution is 7.98. The van der Waals surface area contributed by atoms with Crippen LogP contribution in [0.5, 0.6) is 11.5 Å². The minimum atomic E-state index is -0.796. The number of carbonyl (C=O) groups excluding carboxylic acids is 1. The maximum absolute atomic E-state index is 15.2. The Hall–Kier alpha value is -5.13. The van der Waals surface area contributed by atoms with Crippen LogP contribution in [0, 0.1) is 11.6 Å². The predicted octanol–water partition coefficient (Wildman–Crippen LogP) is 9.07. The van der Waals surface area contributed by atoms with E-state index < -0.39 is 23.5 Å². The number of aromatic nitrogens is 4. The van der Waals surface area contributed by atoms with Crippen LogP contribution in [-0.4, -0.2) is 38.2 Å². The van der Waals surface area contributed by atoms with Crippen molar-refractivity contribution in [1.82, 2.24) is 19.9 Å². The van der Waals surface area contributed by atoms with Gasteiger partial charge in [-0.3, -0.25) is 4.79 Å². The van der Waals surface area contributed by atoms with Crippen LogP contribution in [0.25, 0.3) is 0 Å². The molecule has 0 saturated carbocycles. The first kappa shape index (κ1) is 36.7. The third-order valence-electron chi connectivity index (χ3n) is 8.45. The number of carbonyl (C=O) groups is 1. The van der Waals surface area contributed by atoms with Gasteiger partial charge in [0.15, 0.2) is 33.4 Å². The number of thioether (sulfide) groups is 2. The van der Waals surface area contributed by atoms with Gasteiger partial charge in [0.2, 0.25) is 0 Å². The second kappa shape index (κ2) is 17.9. The first-order valence-electron chi connectivity index (χ1n) is 16.6. The van der Waals surface area contributed by atoms with E-state index >= 15 is 13.6 Å². The summed E-state index contributed by atoms with van der Waals surface area (Å²) in [6, 6.07) is 31.5. The van der Waals surface area contributed by atoms with E-state index in [2.05, 4.69) is 19.9 Å². The van der Waals surface area contributed by atoms with Crippen LogP contribution < -0.4 is 9.47 Å². The molecule has 4 aromatic carbocycles. The third kappa shape index (κ3) is 9.59. The standard InChI is InChI=1S/C41H36F2N4O3S2/c1-51-40-44-19-17-31(46-40)23-33(29-13-15-35(42)37(21-29)49-25-27-9-5-3-6-10-27)39(48)34(24-32-18-20-45-41(47-32)52-2)30-14-16-36(43)38(22-30)50-26-28-11-7-4-8-12-28/h3-22,33-34H,23-26H2,1-2H3. The van der Waals surface area contributed by atoms with Crippen molar-refractivity contribution >= 4 is 29.3 Å². The Morgan fingerprint density at radius 2 is 1.04 bits per heavy atom. The molecule has 6 rings (SSSR count). The molecule has 52 heavy (non-hydrogen) atoms. The van der Waals surface area contributed by atoms with Gasteiger partial charge in [-0.1, -0.05) is 96.3 Å². The highest BCUT2D eigenvalue weighted by Gasteiger charge is 2.32. The molecule has 0 aliphatic heterocycles. The Morgan fingerprint density at radius 1 is 0.615 bits per heavy atom. The summed E-state index contributed by atoms with van der Waals surface area (Å²) in [6.45, 7) is 0.302.